The van der Waals surface area contributed by atoms with Crippen molar-refractivity contribution in [3.8, 4) is 11.3 Å². The minimum absolute atomic E-state index is 0.117. The molecule has 9 heteroatoms. The monoisotopic (exact) mass is 576 g/mol. The topological polar surface area (TPSA) is 96.7 Å². The number of thiocarbonyl (C=S) groups is 1. The van der Waals surface area contributed by atoms with E-state index in [2.05, 4.69) is 15.6 Å². The van der Waals surface area contributed by atoms with Crippen molar-refractivity contribution in [3.05, 3.63) is 120 Å². The minimum atomic E-state index is -0.419. The average Bonchev–Trinajstić information content (AvgIpc) is 3.65. The molecular formula is C33H28N4O4S. The van der Waals surface area contributed by atoms with Crippen molar-refractivity contribution >= 4 is 45.7 Å². The molecule has 3 heterocycles. The zero-order valence-electron chi connectivity index (χ0n) is 22.8. The van der Waals surface area contributed by atoms with Crippen molar-refractivity contribution in [2.45, 2.75) is 18.5 Å². The van der Waals surface area contributed by atoms with E-state index in [0.29, 0.717) is 28.7 Å². The zero-order chi connectivity index (χ0) is 29.1. The van der Waals surface area contributed by atoms with Gasteiger partial charge in [-0.2, -0.15) is 0 Å². The second-order valence-electron chi connectivity index (χ2n) is 9.92. The maximum absolute atomic E-state index is 13.1. The summed E-state index contributed by atoms with van der Waals surface area (Å²) >= 11 is 5.76. The number of aromatic nitrogens is 1. The molecule has 1 aliphatic rings. The number of hydrogen-bond donors (Lipinski definition) is 2. The highest BCUT2D eigenvalue weighted by atomic mass is 32.1. The van der Waals surface area contributed by atoms with Crippen LogP contribution in [-0.4, -0.2) is 40.5 Å². The lowest BCUT2D eigenvalue weighted by Crippen LogP contribution is -2.32. The van der Waals surface area contributed by atoms with Crippen LogP contribution < -0.4 is 10.6 Å². The van der Waals surface area contributed by atoms with Crippen molar-refractivity contribution in [3.63, 3.8) is 0 Å². The van der Waals surface area contributed by atoms with Gasteiger partial charge in [-0.25, -0.2) is 4.79 Å². The van der Waals surface area contributed by atoms with E-state index in [1.165, 1.54) is 7.11 Å². The number of hydrogen-bond acceptors (Lipinski definition) is 6. The second-order valence-corrected chi connectivity index (χ2v) is 10.3. The van der Waals surface area contributed by atoms with Gasteiger partial charge in [0.25, 0.3) is 0 Å². The molecule has 0 saturated carbocycles. The number of nitrogens with one attached hydrogen (secondary N) is 2. The van der Waals surface area contributed by atoms with Gasteiger partial charge in [0.15, 0.2) is 5.11 Å². The number of anilines is 1. The molecule has 1 amide bonds. The largest absolute Gasteiger partial charge is 0.465 e. The highest BCUT2D eigenvalue weighted by molar-refractivity contribution is 7.80. The number of rotatable bonds is 8. The molecule has 0 radical (unpaired) electrons. The maximum Gasteiger partial charge on any atom is 0.337 e. The second kappa shape index (κ2) is 11.8. The van der Waals surface area contributed by atoms with Crippen molar-refractivity contribution in [2.75, 3.05) is 19.0 Å². The van der Waals surface area contributed by atoms with Crippen molar-refractivity contribution in [1.82, 2.24) is 15.2 Å². The van der Waals surface area contributed by atoms with Crippen LogP contribution in [0, 0.1) is 0 Å². The van der Waals surface area contributed by atoms with Gasteiger partial charge in [0, 0.05) is 35.8 Å². The third-order valence-electron chi connectivity index (χ3n) is 7.33. The highest BCUT2D eigenvalue weighted by Crippen LogP contribution is 2.40. The lowest BCUT2D eigenvalue weighted by molar-refractivity contribution is -0.116. The SMILES string of the molecule is COC(=O)c1cccc(-c2ccc([C@@H]3[C@H](c4ccccn4)NC(=S)N3CCC(=O)Nc3cccc4ccccc34)o2)c1. The predicted molar refractivity (Wildman–Crippen MR) is 165 cm³/mol. The Morgan fingerprint density at radius 3 is 2.64 bits per heavy atom. The molecule has 0 spiro atoms. The van der Waals surface area contributed by atoms with Gasteiger partial charge in [-0.1, -0.05) is 54.6 Å². The Kier molecular flexibility index (Phi) is 7.66. The van der Waals surface area contributed by atoms with E-state index < -0.39 is 5.97 Å². The molecular weight excluding hydrogens is 548 g/mol. The predicted octanol–water partition coefficient (Wildman–Crippen LogP) is 6.28. The number of amides is 1. The van der Waals surface area contributed by atoms with Crippen LogP contribution in [0.1, 0.15) is 40.3 Å². The van der Waals surface area contributed by atoms with Gasteiger partial charge < -0.3 is 24.7 Å². The van der Waals surface area contributed by atoms with Crippen LogP contribution in [-0.2, 0) is 9.53 Å². The lowest BCUT2D eigenvalue weighted by atomic mass is 10.0. The number of nitrogens with zero attached hydrogens (tertiary/aromatic N) is 2. The third kappa shape index (κ3) is 5.46. The molecule has 1 saturated heterocycles. The number of benzene rings is 3. The van der Waals surface area contributed by atoms with Crippen LogP contribution in [0.3, 0.4) is 0 Å². The standard InChI is InChI=1S/C33H28N4O4S/c1-40-32(39)23-11-6-10-22(20-23)27-15-16-28(41-27)31-30(26-13-4-5-18-34-26)36-33(42)37(31)19-17-29(38)35-25-14-7-9-21-8-2-3-12-24(21)25/h2-16,18,20,30-31H,17,19H2,1H3,(H,35,38)(H,36,42)/t30-,31+/m0/s1. The van der Waals surface area contributed by atoms with Gasteiger partial charge in [-0.05, 0) is 60.1 Å². The van der Waals surface area contributed by atoms with Crippen molar-refractivity contribution in [1.29, 1.82) is 0 Å². The molecule has 42 heavy (non-hydrogen) atoms. The summed E-state index contributed by atoms with van der Waals surface area (Å²) in [6, 6.07) is 29.7. The summed E-state index contributed by atoms with van der Waals surface area (Å²) in [5, 5.41) is 9.01. The first-order chi connectivity index (χ1) is 20.5. The molecule has 0 aliphatic carbocycles. The summed E-state index contributed by atoms with van der Waals surface area (Å²) in [5.41, 5.74) is 2.75. The molecule has 2 aromatic heterocycles. The fourth-order valence-corrected chi connectivity index (χ4v) is 5.64. The number of fused-ring (bicyclic) bond motifs is 1. The Bertz CT molecular complexity index is 1770. The van der Waals surface area contributed by atoms with E-state index in [4.69, 9.17) is 21.4 Å². The molecule has 6 rings (SSSR count). The van der Waals surface area contributed by atoms with Crippen LogP contribution in [0.15, 0.2) is 108 Å². The average molecular weight is 577 g/mol. The summed E-state index contributed by atoms with van der Waals surface area (Å²) < 4.78 is 11.3. The van der Waals surface area contributed by atoms with E-state index in [-0.39, 0.29) is 24.4 Å². The first-order valence-corrected chi connectivity index (χ1v) is 14.0. The van der Waals surface area contributed by atoms with E-state index in [0.717, 1.165) is 27.7 Å². The number of ether oxygens (including phenoxy) is 1. The molecule has 5 aromatic rings. The van der Waals surface area contributed by atoms with Crippen LogP contribution in [0.25, 0.3) is 22.1 Å². The van der Waals surface area contributed by atoms with Crippen molar-refractivity contribution in [2.24, 2.45) is 0 Å². The number of furan rings is 1. The first-order valence-electron chi connectivity index (χ1n) is 13.6. The van der Waals surface area contributed by atoms with Gasteiger partial charge in [0.2, 0.25) is 5.91 Å². The van der Waals surface area contributed by atoms with Crippen LogP contribution in [0.4, 0.5) is 5.69 Å². The molecule has 2 N–H and O–H groups in total. The fourth-order valence-electron chi connectivity index (χ4n) is 5.31. The Labute approximate surface area is 248 Å². The van der Waals surface area contributed by atoms with E-state index in [1.54, 1.807) is 24.4 Å². The first kappa shape index (κ1) is 27.2. The Hall–Kier alpha value is -5.02. The number of carbonyl (C=O) groups excluding carboxylic acids is 2. The van der Waals surface area contributed by atoms with E-state index in [1.807, 2.05) is 83.8 Å². The Morgan fingerprint density at radius 2 is 1.81 bits per heavy atom. The number of carbonyl (C=O) groups is 2. The smallest absolute Gasteiger partial charge is 0.337 e. The minimum Gasteiger partial charge on any atom is -0.465 e. The Balaban J connectivity index is 1.26. The third-order valence-corrected chi connectivity index (χ3v) is 7.68. The van der Waals surface area contributed by atoms with Crippen LogP contribution in [0.5, 0.6) is 0 Å². The van der Waals surface area contributed by atoms with Crippen LogP contribution >= 0.6 is 12.2 Å². The van der Waals surface area contributed by atoms with Crippen molar-refractivity contribution < 1.29 is 18.7 Å². The summed E-state index contributed by atoms with van der Waals surface area (Å²) in [6.45, 7) is 0.365. The van der Waals surface area contributed by atoms with Gasteiger partial charge in [0.1, 0.15) is 17.6 Å². The quantitative estimate of drug-likeness (QED) is 0.165. The molecule has 0 bridgehead atoms. The summed E-state index contributed by atoms with van der Waals surface area (Å²) in [4.78, 5) is 31.8. The molecule has 3 aromatic carbocycles. The molecule has 1 aliphatic heterocycles. The van der Waals surface area contributed by atoms with Gasteiger partial charge in [-0.3, -0.25) is 9.78 Å². The van der Waals surface area contributed by atoms with E-state index in [9.17, 15) is 9.59 Å². The molecule has 0 unspecified atom stereocenters. The van der Waals surface area contributed by atoms with Gasteiger partial charge in [0.05, 0.1) is 24.4 Å². The zero-order valence-corrected chi connectivity index (χ0v) is 23.6. The molecule has 210 valence electrons. The Morgan fingerprint density at radius 1 is 1.00 bits per heavy atom. The summed E-state index contributed by atoms with van der Waals surface area (Å²) in [5.74, 6) is 0.721. The van der Waals surface area contributed by atoms with E-state index >= 15 is 0 Å². The lowest BCUT2D eigenvalue weighted by Gasteiger charge is -2.26. The molecule has 8 nitrogen and oxygen atoms in total. The highest BCUT2D eigenvalue weighted by Gasteiger charge is 2.41. The summed E-state index contributed by atoms with van der Waals surface area (Å²) in [6.07, 6.45) is 1.95. The number of pyridine rings is 1. The number of methoxy groups -OCH3 is 1. The summed E-state index contributed by atoms with van der Waals surface area (Å²) in [7, 11) is 1.35. The molecule has 1 fully saturated rings. The number of esters is 1. The normalized spacial score (nSPS) is 16.3. The van der Waals surface area contributed by atoms with Gasteiger partial charge >= 0.3 is 5.97 Å². The molecule has 2 atom stereocenters. The fraction of sp³-hybridized carbons (Fsp3) is 0.152. The maximum atomic E-state index is 13.1. The van der Waals surface area contributed by atoms with Crippen LogP contribution in [0.2, 0.25) is 0 Å². The van der Waals surface area contributed by atoms with Gasteiger partial charge in [-0.15, -0.1) is 0 Å².